The first-order valence-electron chi connectivity index (χ1n) is 6.63. The van der Waals surface area contributed by atoms with E-state index >= 15 is 0 Å². The molecule has 0 fully saturated rings. The van der Waals surface area contributed by atoms with E-state index in [0.29, 0.717) is 4.90 Å². The van der Waals surface area contributed by atoms with Crippen LogP contribution in [0.2, 0.25) is 0 Å². The summed E-state index contributed by atoms with van der Waals surface area (Å²) in [6, 6.07) is 22.2. The number of hydrogen-bond donors (Lipinski definition) is 0. The van der Waals surface area contributed by atoms with Crippen LogP contribution in [0.3, 0.4) is 0 Å². The number of rotatable bonds is 3. The Bertz CT molecular complexity index is 889. The summed E-state index contributed by atoms with van der Waals surface area (Å²) in [5.74, 6) is 0. The summed E-state index contributed by atoms with van der Waals surface area (Å²) in [4.78, 5) is 0.307. The van der Waals surface area contributed by atoms with Gasteiger partial charge in [0.05, 0.1) is 4.90 Å². The predicted octanol–water partition coefficient (Wildman–Crippen LogP) is 4.28. The van der Waals surface area contributed by atoms with E-state index in [1.807, 2.05) is 42.5 Å². The van der Waals surface area contributed by atoms with Crippen LogP contribution < -0.4 is 0 Å². The lowest BCUT2D eigenvalue weighted by molar-refractivity contribution is 0.605. The molecule has 0 saturated carbocycles. The van der Waals surface area contributed by atoms with Crippen LogP contribution in [-0.2, 0) is 9.84 Å². The summed E-state index contributed by atoms with van der Waals surface area (Å²) in [5.41, 5.74) is 0.896. The van der Waals surface area contributed by atoms with E-state index in [0.717, 1.165) is 16.3 Å². The second kappa shape index (κ2) is 5.54. The summed E-state index contributed by atoms with van der Waals surface area (Å²) in [6.07, 6.45) is 1.66. The molecule has 0 saturated heterocycles. The Kier molecular flexibility index (Phi) is 3.59. The zero-order valence-electron chi connectivity index (χ0n) is 11.3. The highest BCUT2D eigenvalue weighted by Crippen LogP contribution is 2.21. The largest absolute Gasteiger partial charge is 0.219 e. The molecule has 0 amide bonds. The summed E-state index contributed by atoms with van der Waals surface area (Å²) in [5, 5.41) is 3.40. The van der Waals surface area contributed by atoms with E-state index in [1.54, 1.807) is 36.4 Å². The average molecular weight is 294 g/mol. The monoisotopic (exact) mass is 294 g/mol. The van der Waals surface area contributed by atoms with Crippen molar-refractivity contribution < 1.29 is 8.42 Å². The van der Waals surface area contributed by atoms with Crippen molar-refractivity contribution in [1.29, 1.82) is 0 Å². The van der Waals surface area contributed by atoms with E-state index in [2.05, 4.69) is 0 Å². The first-order valence-corrected chi connectivity index (χ1v) is 8.17. The summed E-state index contributed by atoms with van der Waals surface area (Å²) < 4.78 is 24.5. The van der Waals surface area contributed by atoms with Crippen molar-refractivity contribution in [2.24, 2.45) is 0 Å². The van der Waals surface area contributed by atoms with E-state index in [4.69, 9.17) is 0 Å². The van der Waals surface area contributed by atoms with Crippen LogP contribution in [0.25, 0.3) is 16.8 Å². The number of hydrogen-bond acceptors (Lipinski definition) is 2. The first kappa shape index (κ1) is 13.6. The van der Waals surface area contributed by atoms with Crippen molar-refractivity contribution in [3.05, 3.63) is 83.8 Å². The van der Waals surface area contributed by atoms with Crippen molar-refractivity contribution in [2.45, 2.75) is 4.90 Å². The van der Waals surface area contributed by atoms with E-state index in [1.165, 1.54) is 5.41 Å². The maximum Gasteiger partial charge on any atom is 0.199 e. The normalized spacial score (nSPS) is 12.0. The van der Waals surface area contributed by atoms with E-state index in [9.17, 15) is 8.42 Å². The first-order chi connectivity index (χ1) is 10.2. The minimum absolute atomic E-state index is 0.307. The zero-order chi connectivity index (χ0) is 14.7. The lowest BCUT2D eigenvalue weighted by Crippen LogP contribution is -1.95. The summed E-state index contributed by atoms with van der Waals surface area (Å²) in [6.45, 7) is 0. The van der Waals surface area contributed by atoms with Gasteiger partial charge in [-0.25, -0.2) is 8.42 Å². The molecule has 0 unspecified atom stereocenters. The van der Waals surface area contributed by atoms with Gasteiger partial charge in [-0.15, -0.1) is 0 Å². The summed E-state index contributed by atoms with van der Waals surface area (Å²) >= 11 is 0. The van der Waals surface area contributed by atoms with Crippen molar-refractivity contribution >= 4 is 26.7 Å². The van der Waals surface area contributed by atoms with Gasteiger partial charge in [0.25, 0.3) is 0 Å². The quantitative estimate of drug-likeness (QED) is 0.722. The molecule has 0 aliphatic rings. The third kappa shape index (κ3) is 2.88. The number of fused-ring (bicyclic) bond motifs is 1. The molecule has 0 atom stereocenters. The topological polar surface area (TPSA) is 34.1 Å². The van der Waals surface area contributed by atoms with Gasteiger partial charge in [-0.3, -0.25) is 0 Å². The van der Waals surface area contributed by atoms with Gasteiger partial charge < -0.3 is 0 Å². The highest BCUT2D eigenvalue weighted by Gasteiger charge is 2.09. The number of benzene rings is 3. The zero-order valence-corrected chi connectivity index (χ0v) is 12.1. The minimum atomic E-state index is -3.41. The van der Waals surface area contributed by atoms with Crippen LogP contribution in [0.5, 0.6) is 0 Å². The van der Waals surface area contributed by atoms with Gasteiger partial charge in [-0.2, -0.15) is 0 Å². The molecule has 0 spiro atoms. The molecular weight excluding hydrogens is 280 g/mol. The molecule has 3 aromatic carbocycles. The highest BCUT2D eigenvalue weighted by atomic mass is 32.2. The molecule has 3 rings (SSSR count). The molecule has 0 N–H and O–H groups in total. The SMILES string of the molecule is O=S(=O)(/C=C/c1cccc2ccccc12)c1ccccc1. The van der Waals surface area contributed by atoms with Crippen LogP contribution in [0, 0.1) is 0 Å². The third-order valence-electron chi connectivity index (χ3n) is 3.32. The van der Waals surface area contributed by atoms with Gasteiger partial charge in [-0.1, -0.05) is 60.7 Å². The molecule has 0 radical (unpaired) electrons. The lowest BCUT2D eigenvalue weighted by atomic mass is 10.1. The molecule has 0 bridgehead atoms. The molecule has 0 aliphatic heterocycles. The second-order valence-electron chi connectivity index (χ2n) is 4.73. The second-order valence-corrected chi connectivity index (χ2v) is 6.56. The molecular formula is C18H14O2S. The van der Waals surface area contributed by atoms with Gasteiger partial charge in [0.1, 0.15) is 0 Å². The Morgan fingerprint density at radius 1 is 0.714 bits per heavy atom. The smallest absolute Gasteiger partial charge is 0.199 e. The molecule has 0 aromatic heterocycles. The molecule has 3 heteroatoms. The predicted molar refractivity (Wildman–Crippen MR) is 86.6 cm³/mol. The third-order valence-corrected chi connectivity index (χ3v) is 4.75. The van der Waals surface area contributed by atoms with Gasteiger partial charge in [-0.05, 0) is 34.5 Å². The molecule has 21 heavy (non-hydrogen) atoms. The Morgan fingerprint density at radius 2 is 1.38 bits per heavy atom. The number of sulfone groups is 1. The summed E-state index contributed by atoms with van der Waals surface area (Å²) in [7, 11) is -3.41. The van der Waals surface area contributed by atoms with Crippen molar-refractivity contribution in [1.82, 2.24) is 0 Å². The fourth-order valence-corrected chi connectivity index (χ4v) is 3.27. The lowest BCUT2D eigenvalue weighted by Gasteiger charge is -2.02. The van der Waals surface area contributed by atoms with Crippen LogP contribution >= 0.6 is 0 Å². The molecule has 104 valence electrons. The maximum atomic E-state index is 12.3. The fraction of sp³-hybridized carbons (Fsp3) is 0. The Labute approximate surface area is 124 Å². The molecule has 0 heterocycles. The van der Waals surface area contributed by atoms with Crippen LogP contribution in [-0.4, -0.2) is 8.42 Å². The van der Waals surface area contributed by atoms with Crippen molar-refractivity contribution in [3.8, 4) is 0 Å². The Morgan fingerprint density at radius 3 is 2.19 bits per heavy atom. The Hall–Kier alpha value is -2.39. The van der Waals surface area contributed by atoms with Crippen molar-refractivity contribution in [2.75, 3.05) is 0 Å². The molecule has 2 nitrogen and oxygen atoms in total. The van der Waals surface area contributed by atoms with Gasteiger partial charge in [0, 0.05) is 5.41 Å². The Balaban J connectivity index is 2.03. The van der Waals surface area contributed by atoms with E-state index < -0.39 is 9.84 Å². The van der Waals surface area contributed by atoms with Crippen LogP contribution in [0.1, 0.15) is 5.56 Å². The van der Waals surface area contributed by atoms with Gasteiger partial charge in [0.2, 0.25) is 0 Å². The molecule has 3 aromatic rings. The fourth-order valence-electron chi connectivity index (χ4n) is 2.25. The average Bonchev–Trinajstić information content (AvgIpc) is 2.54. The van der Waals surface area contributed by atoms with Gasteiger partial charge >= 0.3 is 0 Å². The minimum Gasteiger partial charge on any atom is -0.219 e. The standard InChI is InChI=1S/C18H14O2S/c19-21(20,17-10-2-1-3-11-17)14-13-16-9-6-8-15-7-4-5-12-18(15)16/h1-14H/b14-13+. The van der Waals surface area contributed by atoms with Crippen LogP contribution in [0.4, 0.5) is 0 Å². The van der Waals surface area contributed by atoms with Crippen LogP contribution in [0.15, 0.2) is 83.1 Å². The highest BCUT2D eigenvalue weighted by molar-refractivity contribution is 7.94. The van der Waals surface area contributed by atoms with E-state index in [-0.39, 0.29) is 0 Å². The van der Waals surface area contributed by atoms with Crippen molar-refractivity contribution in [3.63, 3.8) is 0 Å². The maximum absolute atomic E-state index is 12.3. The molecule has 0 aliphatic carbocycles. The van der Waals surface area contributed by atoms with Gasteiger partial charge in [0.15, 0.2) is 9.84 Å².